The predicted molar refractivity (Wildman–Crippen MR) is 94.1 cm³/mol. The molecule has 8 heteroatoms. The molecule has 2 amide bonds. The minimum atomic E-state index is -0.557. The van der Waals surface area contributed by atoms with Crippen LogP contribution in [0.2, 0.25) is 5.15 Å². The Balaban J connectivity index is 2.02. The van der Waals surface area contributed by atoms with Crippen molar-refractivity contribution in [1.29, 1.82) is 0 Å². The lowest BCUT2D eigenvalue weighted by Gasteiger charge is -2.33. The van der Waals surface area contributed by atoms with E-state index < -0.39 is 11.7 Å². The van der Waals surface area contributed by atoms with E-state index in [0.29, 0.717) is 18.7 Å². The van der Waals surface area contributed by atoms with E-state index >= 15 is 0 Å². The zero-order valence-electron chi connectivity index (χ0n) is 15.0. The third kappa shape index (κ3) is 5.77. The molecule has 0 aromatic carbocycles. The van der Waals surface area contributed by atoms with Crippen molar-refractivity contribution in [2.75, 3.05) is 20.2 Å². The quantitative estimate of drug-likeness (QED) is 0.828. The molecule has 2 heterocycles. The first kappa shape index (κ1) is 19.3. The van der Waals surface area contributed by atoms with Crippen LogP contribution in [-0.2, 0) is 4.74 Å². The van der Waals surface area contributed by atoms with Crippen molar-refractivity contribution in [2.45, 2.75) is 45.3 Å². The normalized spacial score (nSPS) is 17.8. The number of nitrogens with one attached hydrogen (secondary N) is 1. The summed E-state index contributed by atoms with van der Waals surface area (Å²) < 4.78 is 10.3. The van der Waals surface area contributed by atoms with Crippen LogP contribution in [0.25, 0.3) is 0 Å². The van der Waals surface area contributed by atoms with Crippen molar-refractivity contribution in [2.24, 2.45) is 0 Å². The lowest BCUT2D eigenvalue weighted by atomic mass is 10.0. The molecule has 1 N–H and O–H groups in total. The van der Waals surface area contributed by atoms with Gasteiger partial charge in [0.2, 0.25) is 5.88 Å². The largest absolute Gasteiger partial charge is 0.481 e. The number of carbonyl (C=O) groups is 2. The van der Waals surface area contributed by atoms with Crippen LogP contribution in [-0.4, -0.2) is 53.7 Å². The molecule has 0 saturated carbocycles. The minimum absolute atomic E-state index is 0.147. The fraction of sp³-hybridized carbons (Fsp3) is 0.588. The van der Waals surface area contributed by atoms with E-state index in [-0.39, 0.29) is 23.0 Å². The Kier molecular flexibility index (Phi) is 6.11. The highest BCUT2D eigenvalue weighted by molar-refractivity contribution is 6.29. The van der Waals surface area contributed by atoms with Gasteiger partial charge in [0, 0.05) is 30.8 Å². The number of methoxy groups -OCH3 is 1. The zero-order valence-corrected chi connectivity index (χ0v) is 15.7. The second kappa shape index (κ2) is 7.91. The number of halogens is 1. The number of likely N-dealkylation sites (tertiary alicyclic amines) is 1. The molecule has 0 bridgehead atoms. The van der Waals surface area contributed by atoms with Crippen LogP contribution in [0.15, 0.2) is 12.1 Å². The van der Waals surface area contributed by atoms with Gasteiger partial charge in [-0.3, -0.25) is 4.79 Å². The first-order valence-corrected chi connectivity index (χ1v) is 8.56. The Bertz CT molecular complexity index is 645. The molecule has 1 atom stereocenters. The second-order valence-corrected chi connectivity index (χ2v) is 7.34. The molecule has 1 aliphatic heterocycles. The molecule has 1 aromatic rings. The molecule has 0 aliphatic carbocycles. The average Bonchev–Trinajstić information content (AvgIpc) is 2.51. The molecule has 2 rings (SSSR count). The van der Waals surface area contributed by atoms with Crippen molar-refractivity contribution in [3.63, 3.8) is 0 Å². The summed E-state index contributed by atoms with van der Waals surface area (Å²) in [5, 5.41) is 3.02. The van der Waals surface area contributed by atoms with Gasteiger partial charge in [0.1, 0.15) is 10.8 Å². The SMILES string of the molecule is COc1cc(C(=O)N2CCCC(NC(=O)OC(C)(C)C)C2)cc(Cl)n1. The molecule has 7 nitrogen and oxygen atoms in total. The number of alkyl carbamates (subject to hydrolysis) is 1. The zero-order chi connectivity index (χ0) is 18.6. The maximum atomic E-state index is 12.7. The highest BCUT2D eigenvalue weighted by atomic mass is 35.5. The van der Waals surface area contributed by atoms with E-state index in [0.717, 1.165) is 12.8 Å². The van der Waals surface area contributed by atoms with E-state index in [9.17, 15) is 9.59 Å². The fourth-order valence-electron chi connectivity index (χ4n) is 2.64. The maximum Gasteiger partial charge on any atom is 0.407 e. The number of amides is 2. The molecule has 1 fully saturated rings. The first-order chi connectivity index (χ1) is 11.7. The fourth-order valence-corrected chi connectivity index (χ4v) is 2.84. The highest BCUT2D eigenvalue weighted by Crippen LogP contribution is 2.20. The minimum Gasteiger partial charge on any atom is -0.481 e. The number of piperidine rings is 1. The van der Waals surface area contributed by atoms with Gasteiger partial charge in [0.05, 0.1) is 7.11 Å². The van der Waals surface area contributed by atoms with Crippen LogP contribution in [0.1, 0.15) is 44.0 Å². The Labute approximate surface area is 152 Å². The van der Waals surface area contributed by atoms with Crippen molar-refractivity contribution >= 4 is 23.6 Å². The van der Waals surface area contributed by atoms with Crippen LogP contribution in [0.4, 0.5) is 4.79 Å². The van der Waals surface area contributed by atoms with Crippen LogP contribution in [0.5, 0.6) is 5.88 Å². The summed E-state index contributed by atoms with van der Waals surface area (Å²) in [4.78, 5) is 30.3. The third-order valence-electron chi connectivity index (χ3n) is 3.66. The van der Waals surface area contributed by atoms with Gasteiger partial charge in [-0.2, -0.15) is 0 Å². The summed E-state index contributed by atoms with van der Waals surface area (Å²) in [5.74, 6) is 0.120. The number of carbonyl (C=O) groups excluding carboxylic acids is 2. The summed E-state index contributed by atoms with van der Waals surface area (Å²) in [5.41, 5.74) is -0.145. The highest BCUT2D eigenvalue weighted by Gasteiger charge is 2.27. The predicted octanol–water partition coefficient (Wildman–Crippen LogP) is 2.87. The standard InChI is InChI=1S/C17H24ClN3O4/c1-17(2,3)25-16(23)19-12-6-5-7-21(10-12)15(22)11-8-13(18)20-14(9-11)24-4/h8-9,12H,5-7,10H2,1-4H3,(H,19,23). The summed E-state index contributed by atoms with van der Waals surface area (Å²) in [6.07, 6.45) is 1.12. The third-order valence-corrected chi connectivity index (χ3v) is 3.85. The molecule has 138 valence electrons. The number of pyridine rings is 1. The van der Waals surface area contributed by atoms with Gasteiger partial charge in [-0.25, -0.2) is 9.78 Å². The number of aromatic nitrogens is 1. The van der Waals surface area contributed by atoms with Gasteiger partial charge in [-0.1, -0.05) is 11.6 Å². The van der Waals surface area contributed by atoms with Crippen LogP contribution < -0.4 is 10.1 Å². The maximum absolute atomic E-state index is 12.7. The van der Waals surface area contributed by atoms with Gasteiger partial charge in [0.15, 0.2) is 0 Å². The first-order valence-electron chi connectivity index (χ1n) is 8.18. The topological polar surface area (TPSA) is 80.8 Å². The average molecular weight is 370 g/mol. The van der Waals surface area contributed by atoms with E-state index in [1.54, 1.807) is 11.0 Å². The van der Waals surface area contributed by atoms with Gasteiger partial charge in [-0.05, 0) is 39.7 Å². The Morgan fingerprint density at radius 1 is 1.36 bits per heavy atom. The van der Waals surface area contributed by atoms with Crippen LogP contribution >= 0.6 is 11.6 Å². The number of hydrogen-bond acceptors (Lipinski definition) is 5. The number of hydrogen-bond donors (Lipinski definition) is 1. The summed E-state index contributed by atoms with van der Waals surface area (Å²) in [7, 11) is 1.47. The summed E-state index contributed by atoms with van der Waals surface area (Å²) in [6.45, 7) is 6.46. The van der Waals surface area contributed by atoms with Crippen molar-refractivity contribution in [3.05, 3.63) is 22.8 Å². The van der Waals surface area contributed by atoms with Crippen LogP contribution in [0.3, 0.4) is 0 Å². The Morgan fingerprint density at radius 3 is 2.72 bits per heavy atom. The molecule has 0 radical (unpaired) electrons. The van der Waals surface area contributed by atoms with Crippen molar-refractivity contribution < 1.29 is 19.1 Å². The smallest absolute Gasteiger partial charge is 0.407 e. The summed E-state index contributed by atoms with van der Waals surface area (Å²) >= 11 is 5.94. The number of ether oxygens (including phenoxy) is 2. The molecular formula is C17H24ClN3O4. The van der Waals surface area contributed by atoms with E-state index in [1.807, 2.05) is 20.8 Å². The lowest BCUT2D eigenvalue weighted by molar-refractivity contribution is 0.0452. The second-order valence-electron chi connectivity index (χ2n) is 6.96. The van der Waals surface area contributed by atoms with E-state index in [1.165, 1.54) is 13.2 Å². The molecule has 25 heavy (non-hydrogen) atoms. The van der Waals surface area contributed by atoms with Crippen molar-refractivity contribution in [3.8, 4) is 5.88 Å². The van der Waals surface area contributed by atoms with Crippen LogP contribution in [0, 0.1) is 0 Å². The monoisotopic (exact) mass is 369 g/mol. The molecule has 1 saturated heterocycles. The summed E-state index contributed by atoms with van der Waals surface area (Å²) in [6, 6.07) is 2.92. The van der Waals surface area contributed by atoms with Gasteiger partial charge in [-0.15, -0.1) is 0 Å². The van der Waals surface area contributed by atoms with E-state index in [2.05, 4.69) is 10.3 Å². The molecular weight excluding hydrogens is 346 g/mol. The van der Waals surface area contributed by atoms with E-state index in [4.69, 9.17) is 21.1 Å². The van der Waals surface area contributed by atoms with Gasteiger partial charge < -0.3 is 19.7 Å². The molecule has 1 aromatic heterocycles. The van der Waals surface area contributed by atoms with Crippen molar-refractivity contribution in [1.82, 2.24) is 15.2 Å². The molecule has 1 unspecified atom stereocenters. The van der Waals surface area contributed by atoms with Gasteiger partial charge in [0.25, 0.3) is 5.91 Å². The molecule has 1 aliphatic rings. The number of nitrogens with zero attached hydrogens (tertiary/aromatic N) is 2. The number of rotatable bonds is 3. The Hall–Kier alpha value is -2.02. The molecule has 0 spiro atoms. The Morgan fingerprint density at radius 2 is 2.08 bits per heavy atom. The van der Waals surface area contributed by atoms with Gasteiger partial charge >= 0.3 is 6.09 Å². The lowest BCUT2D eigenvalue weighted by Crippen LogP contribution is -2.50.